The largest absolute Gasteiger partial charge is 0.315 e. The summed E-state index contributed by atoms with van der Waals surface area (Å²) in [4.78, 5) is 13.6. The van der Waals surface area contributed by atoms with Crippen LogP contribution in [0.25, 0.3) is 5.57 Å². The Bertz CT molecular complexity index is 628. The molecule has 116 valence electrons. The van der Waals surface area contributed by atoms with Gasteiger partial charge in [-0.2, -0.15) is 0 Å². The summed E-state index contributed by atoms with van der Waals surface area (Å²) in [7, 11) is 0. The summed E-state index contributed by atoms with van der Waals surface area (Å²) in [6.07, 6.45) is 10.0. The molecular formula is C17H23N5. The van der Waals surface area contributed by atoms with Crippen LogP contribution in [0.2, 0.25) is 0 Å². The third-order valence-electron chi connectivity index (χ3n) is 3.52. The molecule has 1 aliphatic heterocycles. The zero-order valence-corrected chi connectivity index (χ0v) is 13.5. The van der Waals surface area contributed by atoms with Crippen molar-refractivity contribution < 1.29 is 0 Å². The first kappa shape index (κ1) is 16.1. The minimum Gasteiger partial charge on any atom is -0.315 e. The minimum atomic E-state index is 0.656. The van der Waals surface area contributed by atoms with Crippen molar-refractivity contribution in [1.29, 1.82) is 0 Å². The Hall–Kier alpha value is -2.27. The topological polar surface area (TPSA) is 53.4 Å². The fraction of sp³-hybridized carbons (Fsp3) is 0.353. The van der Waals surface area contributed by atoms with Crippen LogP contribution >= 0.6 is 0 Å². The van der Waals surface area contributed by atoms with Crippen LogP contribution in [0.4, 0.5) is 5.82 Å². The van der Waals surface area contributed by atoms with E-state index >= 15 is 0 Å². The third-order valence-corrected chi connectivity index (χ3v) is 3.52. The van der Waals surface area contributed by atoms with Gasteiger partial charge in [0.15, 0.2) is 5.82 Å². The van der Waals surface area contributed by atoms with E-state index in [-0.39, 0.29) is 0 Å². The smallest absolute Gasteiger partial charge is 0.174 e. The molecule has 2 rings (SSSR count). The van der Waals surface area contributed by atoms with Gasteiger partial charge in [0.05, 0.1) is 17.6 Å². The predicted molar refractivity (Wildman–Crippen MR) is 91.9 cm³/mol. The fourth-order valence-corrected chi connectivity index (χ4v) is 2.12. The fourth-order valence-electron chi connectivity index (χ4n) is 2.12. The van der Waals surface area contributed by atoms with Gasteiger partial charge in [0.2, 0.25) is 0 Å². The number of nitrogens with zero attached hydrogens (tertiary/aromatic N) is 4. The van der Waals surface area contributed by atoms with Gasteiger partial charge >= 0.3 is 0 Å². The van der Waals surface area contributed by atoms with Crippen molar-refractivity contribution in [3.63, 3.8) is 0 Å². The zero-order chi connectivity index (χ0) is 15.9. The molecule has 0 saturated heterocycles. The maximum absolute atomic E-state index is 4.78. The normalized spacial score (nSPS) is 15.5. The standard InChI is InChI=1S/C17H23N5/c1-5-8-18-17-15(9-13(4)6-2)21-16(11-19-17)14-10-20-22(7-3)12-14/h5-6,8,11-12,20H,1,7,9-10H2,2-4H3. The van der Waals surface area contributed by atoms with E-state index in [1.54, 1.807) is 18.5 Å². The van der Waals surface area contributed by atoms with Crippen LogP contribution in [0.15, 0.2) is 41.7 Å². The second-order valence-electron chi connectivity index (χ2n) is 5.13. The van der Waals surface area contributed by atoms with Gasteiger partial charge in [-0.05, 0) is 20.8 Å². The average molecular weight is 297 g/mol. The monoisotopic (exact) mass is 297 g/mol. The first-order valence-electron chi connectivity index (χ1n) is 7.52. The summed E-state index contributed by atoms with van der Waals surface area (Å²) in [5.41, 5.74) is 7.48. The van der Waals surface area contributed by atoms with Crippen LogP contribution < -0.4 is 5.43 Å². The van der Waals surface area contributed by atoms with Crippen LogP contribution in [0.5, 0.6) is 0 Å². The molecule has 2 heterocycles. The average Bonchev–Trinajstić information content (AvgIpc) is 3.02. The van der Waals surface area contributed by atoms with E-state index in [0.717, 1.165) is 36.5 Å². The van der Waals surface area contributed by atoms with Crippen molar-refractivity contribution in [3.8, 4) is 0 Å². The van der Waals surface area contributed by atoms with Crippen molar-refractivity contribution in [1.82, 2.24) is 20.4 Å². The number of rotatable bonds is 6. The van der Waals surface area contributed by atoms with Crippen molar-refractivity contribution in [3.05, 3.63) is 48.1 Å². The first-order chi connectivity index (χ1) is 10.7. The Labute approximate surface area is 132 Å². The molecule has 0 atom stereocenters. The van der Waals surface area contributed by atoms with Gasteiger partial charge in [-0.25, -0.2) is 20.4 Å². The van der Waals surface area contributed by atoms with E-state index in [4.69, 9.17) is 4.98 Å². The lowest BCUT2D eigenvalue weighted by atomic mass is 10.1. The quantitative estimate of drug-likeness (QED) is 0.647. The Morgan fingerprint density at radius 1 is 1.55 bits per heavy atom. The molecule has 0 aliphatic carbocycles. The van der Waals surface area contributed by atoms with Gasteiger partial charge in [-0.15, -0.1) is 0 Å². The molecule has 0 bridgehead atoms. The molecule has 0 fully saturated rings. The van der Waals surface area contributed by atoms with Crippen LogP contribution in [0.3, 0.4) is 0 Å². The van der Waals surface area contributed by atoms with Crippen molar-refractivity contribution in [2.75, 3.05) is 13.1 Å². The molecule has 5 nitrogen and oxygen atoms in total. The number of hydrogen-bond donors (Lipinski definition) is 1. The summed E-state index contributed by atoms with van der Waals surface area (Å²) in [6.45, 7) is 11.6. The number of aliphatic imine (C=N–C) groups is 1. The molecule has 5 heteroatoms. The second-order valence-corrected chi connectivity index (χ2v) is 5.13. The molecule has 22 heavy (non-hydrogen) atoms. The summed E-state index contributed by atoms with van der Waals surface area (Å²) in [6, 6.07) is 0. The number of allylic oxidation sites excluding steroid dienone is 3. The number of aromatic nitrogens is 2. The van der Waals surface area contributed by atoms with Gasteiger partial charge in [0.1, 0.15) is 0 Å². The molecule has 0 saturated carbocycles. The van der Waals surface area contributed by atoms with Crippen LogP contribution in [0, 0.1) is 0 Å². The van der Waals surface area contributed by atoms with E-state index in [1.165, 1.54) is 5.57 Å². The predicted octanol–water partition coefficient (Wildman–Crippen LogP) is 3.05. The molecule has 0 radical (unpaired) electrons. The molecular weight excluding hydrogens is 274 g/mol. The molecule has 1 aromatic rings. The first-order valence-corrected chi connectivity index (χ1v) is 7.52. The molecule has 0 amide bonds. The molecule has 1 aliphatic rings. The minimum absolute atomic E-state index is 0.656. The van der Waals surface area contributed by atoms with Crippen LogP contribution in [-0.2, 0) is 6.42 Å². The van der Waals surface area contributed by atoms with E-state index in [2.05, 4.69) is 53.1 Å². The second kappa shape index (κ2) is 7.66. The Morgan fingerprint density at radius 2 is 2.36 bits per heavy atom. The van der Waals surface area contributed by atoms with E-state index < -0.39 is 0 Å². The highest BCUT2D eigenvalue weighted by atomic mass is 15.5. The zero-order valence-electron chi connectivity index (χ0n) is 13.5. The SMILES string of the molecule is C=CC=Nc1ncc(C2=CN(CC)NC2)nc1CC(C)=CC. The number of hydrazine groups is 1. The maximum atomic E-state index is 4.78. The number of nitrogens with one attached hydrogen (secondary N) is 1. The van der Waals surface area contributed by atoms with E-state index in [1.807, 2.05) is 6.92 Å². The molecule has 0 aromatic carbocycles. The summed E-state index contributed by atoms with van der Waals surface area (Å²) >= 11 is 0. The Kier molecular flexibility index (Phi) is 5.61. The summed E-state index contributed by atoms with van der Waals surface area (Å²) in [5, 5.41) is 2.05. The van der Waals surface area contributed by atoms with Crippen LogP contribution in [-0.4, -0.2) is 34.3 Å². The van der Waals surface area contributed by atoms with Crippen molar-refractivity contribution >= 4 is 17.6 Å². The highest BCUT2D eigenvalue weighted by Gasteiger charge is 2.15. The van der Waals surface area contributed by atoms with E-state index in [0.29, 0.717) is 5.82 Å². The summed E-state index contributed by atoms with van der Waals surface area (Å²) in [5.74, 6) is 0.656. The lowest BCUT2D eigenvalue weighted by Crippen LogP contribution is -2.28. The molecule has 1 aromatic heterocycles. The maximum Gasteiger partial charge on any atom is 0.174 e. The van der Waals surface area contributed by atoms with Crippen LogP contribution in [0.1, 0.15) is 32.2 Å². The third kappa shape index (κ3) is 3.89. The van der Waals surface area contributed by atoms with E-state index in [9.17, 15) is 0 Å². The lowest BCUT2D eigenvalue weighted by Gasteiger charge is -2.10. The Balaban J connectivity index is 2.36. The highest BCUT2D eigenvalue weighted by molar-refractivity contribution is 5.73. The van der Waals surface area contributed by atoms with Gasteiger partial charge in [0.25, 0.3) is 0 Å². The molecule has 0 unspecified atom stereocenters. The number of hydrogen-bond acceptors (Lipinski definition) is 5. The molecule has 1 N–H and O–H groups in total. The van der Waals surface area contributed by atoms with Gasteiger partial charge in [-0.3, -0.25) is 0 Å². The van der Waals surface area contributed by atoms with Gasteiger partial charge in [0, 0.05) is 37.5 Å². The van der Waals surface area contributed by atoms with Gasteiger partial charge < -0.3 is 5.01 Å². The Morgan fingerprint density at radius 3 is 3.00 bits per heavy atom. The van der Waals surface area contributed by atoms with Crippen molar-refractivity contribution in [2.24, 2.45) is 4.99 Å². The molecule has 0 spiro atoms. The summed E-state index contributed by atoms with van der Waals surface area (Å²) < 4.78 is 0. The lowest BCUT2D eigenvalue weighted by molar-refractivity contribution is 0.323. The van der Waals surface area contributed by atoms with Crippen molar-refractivity contribution in [2.45, 2.75) is 27.2 Å². The highest BCUT2D eigenvalue weighted by Crippen LogP contribution is 2.22. The van der Waals surface area contributed by atoms with Gasteiger partial charge in [-0.1, -0.05) is 24.3 Å².